The molecule has 2 aromatic carbocycles. The lowest BCUT2D eigenvalue weighted by Crippen LogP contribution is -2.34. The average molecular weight is 349 g/mol. The smallest absolute Gasteiger partial charge is 0.321 e. The number of amides is 2. The molecule has 0 unspecified atom stereocenters. The summed E-state index contributed by atoms with van der Waals surface area (Å²) >= 11 is 5.82. The van der Waals surface area contributed by atoms with Crippen LogP contribution in [0.4, 0.5) is 10.5 Å². The van der Waals surface area contributed by atoms with Crippen LogP contribution in [0.15, 0.2) is 42.5 Å². The first kappa shape index (κ1) is 16.3. The van der Waals surface area contributed by atoms with Gasteiger partial charge in [0.05, 0.1) is 6.54 Å². The topological polar surface area (TPSA) is 60.0 Å². The van der Waals surface area contributed by atoms with Crippen LogP contribution in [0.5, 0.6) is 17.2 Å². The number of hydrogen-bond donors (Lipinski definition) is 1. The number of ether oxygens (including phenoxy) is 3. The summed E-state index contributed by atoms with van der Waals surface area (Å²) in [5.74, 6) is 2.02. The van der Waals surface area contributed by atoms with E-state index in [1.54, 1.807) is 54.4 Å². The van der Waals surface area contributed by atoms with Crippen LogP contribution >= 0.6 is 11.6 Å². The lowest BCUT2D eigenvalue weighted by molar-refractivity contribution is 0.174. The van der Waals surface area contributed by atoms with Crippen LogP contribution in [-0.2, 0) is 0 Å². The maximum absolute atomic E-state index is 12.2. The Balaban J connectivity index is 1.47. The molecule has 6 nitrogen and oxygen atoms in total. The number of fused-ring (bicyclic) bond motifs is 1. The molecule has 0 aliphatic carbocycles. The maximum Gasteiger partial charge on any atom is 0.321 e. The molecule has 1 aliphatic heterocycles. The van der Waals surface area contributed by atoms with E-state index in [1.165, 1.54) is 0 Å². The number of carbonyl (C=O) groups excluding carboxylic acids is 1. The number of nitrogens with zero attached hydrogens (tertiary/aromatic N) is 1. The van der Waals surface area contributed by atoms with Crippen molar-refractivity contribution in [3.8, 4) is 17.2 Å². The lowest BCUT2D eigenvalue weighted by Gasteiger charge is -2.18. The van der Waals surface area contributed by atoms with Crippen LogP contribution in [0.2, 0.25) is 5.02 Å². The summed E-state index contributed by atoms with van der Waals surface area (Å²) in [6.07, 6.45) is 0. The van der Waals surface area contributed by atoms with Crippen molar-refractivity contribution < 1.29 is 19.0 Å². The highest BCUT2D eigenvalue weighted by Crippen LogP contribution is 2.34. The van der Waals surface area contributed by atoms with Crippen LogP contribution in [0.25, 0.3) is 0 Å². The first-order valence-corrected chi connectivity index (χ1v) is 7.80. The Morgan fingerprint density at radius 2 is 1.96 bits per heavy atom. The number of urea groups is 1. The van der Waals surface area contributed by atoms with E-state index in [4.69, 9.17) is 25.8 Å². The molecule has 1 aliphatic rings. The Kier molecular flexibility index (Phi) is 4.96. The molecule has 24 heavy (non-hydrogen) atoms. The van der Waals surface area contributed by atoms with Gasteiger partial charge in [0.25, 0.3) is 0 Å². The fourth-order valence-corrected chi connectivity index (χ4v) is 2.25. The number of nitrogens with one attached hydrogen (secondary N) is 1. The van der Waals surface area contributed by atoms with E-state index >= 15 is 0 Å². The zero-order valence-corrected chi connectivity index (χ0v) is 13.9. The molecule has 7 heteroatoms. The van der Waals surface area contributed by atoms with Crippen molar-refractivity contribution >= 4 is 23.3 Å². The first-order chi connectivity index (χ1) is 11.6. The number of hydrogen-bond acceptors (Lipinski definition) is 4. The van der Waals surface area contributed by atoms with Gasteiger partial charge in [-0.15, -0.1) is 0 Å². The maximum atomic E-state index is 12.2. The molecule has 0 atom stereocenters. The average Bonchev–Trinajstić information content (AvgIpc) is 3.04. The number of halogens is 1. The highest BCUT2D eigenvalue weighted by atomic mass is 35.5. The fraction of sp³-hybridized carbons (Fsp3) is 0.235. The second-order valence-corrected chi connectivity index (χ2v) is 5.66. The number of rotatable bonds is 5. The van der Waals surface area contributed by atoms with E-state index in [1.807, 2.05) is 0 Å². The van der Waals surface area contributed by atoms with Crippen LogP contribution in [0, 0.1) is 0 Å². The number of likely N-dealkylation sites (N-methyl/N-ethyl adjacent to an activating group) is 1. The second kappa shape index (κ2) is 7.31. The van der Waals surface area contributed by atoms with Gasteiger partial charge in [0.2, 0.25) is 6.79 Å². The van der Waals surface area contributed by atoms with Crippen LogP contribution in [-0.4, -0.2) is 37.9 Å². The standard InChI is InChI=1S/C17H17ClN2O4/c1-20(8-9-22-14-5-2-12(18)3-6-14)17(21)19-13-4-7-15-16(10-13)24-11-23-15/h2-7,10H,8-9,11H2,1H3,(H,19,21). The van der Waals surface area contributed by atoms with Crippen molar-refractivity contribution in [2.45, 2.75) is 0 Å². The molecule has 0 bridgehead atoms. The van der Waals surface area contributed by atoms with Gasteiger partial charge in [0, 0.05) is 23.8 Å². The Labute approximate surface area is 144 Å². The molecule has 0 saturated carbocycles. The molecule has 0 radical (unpaired) electrons. The largest absolute Gasteiger partial charge is 0.492 e. The Bertz CT molecular complexity index is 721. The second-order valence-electron chi connectivity index (χ2n) is 5.22. The summed E-state index contributed by atoms with van der Waals surface area (Å²) in [5.41, 5.74) is 0.648. The molecule has 0 spiro atoms. The predicted octanol–water partition coefficient (Wildman–Crippen LogP) is 3.61. The monoisotopic (exact) mass is 348 g/mol. The summed E-state index contributed by atoms with van der Waals surface area (Å²) in [6.45, 7) is 1.03. The van der Waals surface area contributed by atoms with E-state index in [2.05, 4.69) is 5.32 Å². The van der Waals surface area contributed by atoms with Crippen molar-refractivity contribution in [2.75, 3.05) is 32.3 Å². The predicted molar refractivity (Wildman–Crippen MR) is 91.2 cm³/mol. The van der Waals surface area contributed by atoms with E-state index in [0.29, 0.717) is 41.1 Å². The molecule has 0 fully saturated rings. The Hall–Kier alpha value is -2.60. The summed E-state index contributed by atoms with van der Waals surface area (Å²) in [7, 11) is 1.70. The van der Waals surface area contributed by atoms with Crippen molar-refractivity contribution in [3.05, 3.63) is 47.5 Å². The normalized spacial score (nSPS) is 11.9. The molecule has 1 heterocycles. The number of carbonyl (C=O) groups is 1. The van der Waals surface area contributed by atoms with Crippen LogP contribution < -0.4 is 19.5 Å². The van der Waals surface area contributed by atoms with Gasteiger partial charge in [-0.2, -0.15) is 0 Å². The van der Waals surface area contributed by atoms with Crippen LogP contribution in [0.3, 0.4) is 0 Å². The van der Waals surface area contributed by atoms with Crippen molar-refractivity contribution in [1.82, 2.24) is 4.90 Å². The summed E-state index contributed by atoms with van der Waals surface area (Å²) in [5, 5.41) is 3.46. The minimum atomic E-state index is -0.228. The van der Waals surface area contributed by atoms with Gasteiger partial charge in [-0.1, -0.05) is 11.6 Å². The quantitative estimate of drug-likeness (QED) is 0.896. The summed E-state index contributed by atoms with van der Waals surface area (Å²) in [4.78, 5) is 13.7. The summed E-state index contributed by atoms with van der Waals surface area (Å²) < 4.78 is 16.1. The lowest BCUT2D eigenvalue weighted by atomic mass is 10.3. The van der Waals surface area contributed by atoms with Gasteiger partial charge < -0.3 is 24.4 Å². The Morgan fingerprint density at radius 3 is 2.75 bits per heavy atom. The molecule has 0 saturated heterocycles. The molecular formula is C17H17ClN2O4. The minimum Gasteiger partial charge on any atom is -0.492 e. The third-order valence-electron chi connectivity index (χ3n) is 3.48. The molecular weight excluding hydrogens is 332 g/mol. The minimum absolute atomic E-state index is 0.203. The van der Waals surface area contributed by atoms with E-state index in [9.17, 15) is 4.79 Å². The first-order valence-electron chi connectivity index (χ1n) is 7.42. The zero-order valence-electron chi connectivity index (χ0n) is 13.1. The number of benzene rings is 2. The molecule has 0 aromatic heterocycles. The van der Waals surface area contributed by atoms with Gasteiger partial charge >= 0.3 is 6.03 Å². The highest BCUT2D eigenvalue weighted by Gasteiger charge is 2.15. The molecule has 126 valence electrons. The van der Waals surface area contributed by atoms with Gasteiger partial charge in [-0.05, 0) is 36.4 Å². The molecule has 1 N–H and O–H groups in total. The van der Waals surface area contributed by atoms with Gasteiger partial charge in [-0.25, -0.2) is 4.79 Å². The van der Waals surface area contributed by atoms with Gasteiger partial charge in [0.1, 0.15) is 12.4 Å². The molecule has 2 aromatic rings. The highest BCUT2D eigenvalue weighted by molar-refractivity contribution is 6.30. The zero-order chi connectivity index (χ0) is 16.9. The van der Waals surface area contributed by atoms with E-state index < -0.39 is 0 Å². The van der Waals surface area contributed by atoms with Crippen molar-refractivity contribution in [3.63, 3.8) is 0 Å². The van der Waals surface area contributed by atoms with Crippen molar-refractivity contribution in [1.29, 1.82) is 0 Å². The molecule has 2 amide bonds. The summed E-state index contributed by atoms with van der Waals surface area (Å²) in [6, 6.07) is 12.1. The number of anilines is 1. The van der Waals surface area contributed by atoms with Crippen molar-refractivity contribution in [2.24, 2.45) is 0 Å². The van der Waals surface area contributed by atoms with Crippen LogP contribution in [0.1, 0.15) is 0 Å². The Morgan fingerprint density at radius 1 is 1.21 bits per heavy atom. The molecule has 3 rings (SSSR count). The SMILES string of the molecule is CN(CCOc1ccc(Cl)cc1)C(=O)Nc1ccc2c(c1)OCO2. The van der Waals surface area contributed by atoms with Gasteiger partial charge in [0.15, 0.2) is 11.5 Å². The van der Waals surface area contributed by atoms with Gasteiger partial charge in [-0.3, -0.25) is 0 Å². The van der Waals surface area contributed by atoms with E-state index in [-0.39, 0.29) is 12.8 Å². The third-order valence-corrected chi connectivity index (χ3v) is 3.73. The van der Waals surface area contributed by atoms with E-state index in [0.717, 1.165) is 0 Å². The third kappa shape index (κ3) is 4.02. The fourth-order valence-electron chi connectivity index (χ4n) is 2.13.